The van der Waals surface area contributed by atoms with Gasteiger partial charge < -0.3 is 10.1 Å². The zero-order valence-electron chi connectivity index (χ0n) is 7.93. The van der Waals surface area contributed by atoms with Crippen molar-refractivity contribution in [3.05, 3.63) is 23.5 Å². The number of Topliss-reactive ketones (excluding diaryl/α,β-unsaturated/α-hetero) is 1. The highest BCUT2D eigenvalue weighted by Gasteiger charge is 2.32. The lowest BCUT2D eigenvalue weighted by atomic mass is 10.1. The molecule has 0 aliphatic carbocycles. The van der Waals surface area contributed by atoms with Crippen LogP contribution in [0.25, 0.3) is 0 Å². The molecule has 1 rings (SSSR count). The fourth-order valence-electron chi connectivity index (χ4n) is 1.12. The predicted octanol–water partition coefficient (Wildman–Crippen LogP) is 3.01. The molecule has 0 saturated carbocycles. The molecule has 1 aromatic heterocycles. The van der Waals surface area contributed by atoms with Crippen molar-refractivity contribution in [2.45, 2.75) is 23.2 Å². The Balaban J connectivity index is 2.90. The summed E-state index contributed by atoms with van der Waals surface area (Å²) >= 11 is 16.3. The van der Waals surface area contributed by atoms with Crippen molar-refractivity contribution in [2.24, 2.45) is 0 Å². The van der Waals surface area contributed by atoms with Gasteiger partial charge in [-0.25, -0.2) is 0 Å². The summed E-state index contributed by atoms with van der Waals surface area (Å²) in [7, 11) is 0. The molecule has 0 amide bonds. The highest BCUT2D eigenvalue weighted by molar-refractivity contribution is 6.77. The van der Waals surface area contributed by atoms with Crippen LogP contribution < -0.4 is 0 Å². The summed E-state index contributed by atoms with van der Waals surface area (Å²) in [6.45, 7) is 1.83. The van der Waals surface area contributed by atoms with E-state index in [4.69, 9.17) is 34.8 Å². The van der Waals surface area contributed by atoms with E-state index in [1.165, 1.54) is 12.3 Å². The minimum atomic E-state index is -1.97. The number of ketones is 1. The Bertz CT molecular complexity index is 356. The van der Waals surface area contributed by atoms with Crippen LogP contribution in [0, 0.1) is 0 Å². The van der Waals surface area contributed by atoms with Crippen molar-refractivity contribution in [1.82, 2.24) is 4.98 Å². The first-order valence-electron chi connectivity index (χ1n) is 4.34. The Morgan fingerprint density at radius 1 is 1.60 bits per heavy atom. The normalized spacial score (nSPS) is 13.9. The number of hydrogen-bond acceptors (Lipinski definition) is 2. The topological polar surface area (TPSA) is 53.1 Å². The first-order valence-corrected chi connectivity index (χ1v) is 5.47. The first-order chi connectivity index (χ1) is 6.86. The molecule has 0 radical (unpaired) electrons. The van der Waals surface area contributed by atoms with Crippen molar-refractivity contribution in [2.75, 3.05) is 0 Å². The molecule has 0 fully saturated rings. The van der Waals surface area contributed by atoms with Crippen LogP contribution in [0.4, 0.5) is 0 Å². The maximum atomic E-state index is 11.5. The van der Waals surface area contributed by atoms with Gasteiger partial charge in [-0.1, -0.05) is 41.7 Å². The number of halogens is 3. The molecule has 6 heteroatoms. The molecule has 1 heterocycles. The van der Waals surface area contributed by atoms with Gasteiger partial charge in [0.05, 0.1) is 11.8 Å². The lowest BCUT2D eigenvalue weighted by Crippen LogP contribution is -2.19. The van der Waals surface area contributed by atoms with Crippen LogP contribution in [0.1, 0.15) is 35.5 Å². The van der Waals surface area contributed by atoms with Crippen LogP contribution >= 0.6 is 34.8 Å². The van der Waals surface area contributed by atoms with E-state index in [1.54, 1.807) is 0 Å². The van der Waals surface area contributed by atoms with Crippen LogP contribution in [0.3, 0.4) is 0 Å². The van der Waals surface area contributed by atoms with Crippen LogP contribution in [-0.2, 0) is 0 Å². The number of aromatic nitrogens is 1. The summed E-state index contributed by atoms with van der Waals surface area (Å²) in [4.78, 5) is 14.1. The highest BCUT2D eigenvalue weighted by atomic mass is 35.6. The van der Waals surface area contributed by atoms with Gasteiger partial charge in [0.1, 0.15) is 0 Å². The van der Waals surface area contributed by atoms with Gasteiger partial charge in [-0.2, -0.15) is 0 Å². The Kier molecular flexibility index (Phi) is 4.06. The Morgan fingerprint density at radius 2 is 2.20 bits per heavy atom. The molecule has 1 atom stereocenters. The lowest BCUT2D eigenvalue weighted by Gasteiger charge is -2.07. The molecule has 0 saturated heterocycles. The minimum Gasteiger partial charge on any atom is -0.388 e. The molecular weight excluding hydrogens is 260 g/mol. The summed E-state index contributed by atoms with van der Waals surface area (Å²) in [5.74, 6) is -0.637. The number of nitrogens with one attached hydrogen (secondary N) is 1. The number of rotatable bonds is 3. The van der Waals surface area contributed by atoms with E-state index in [0.29, 0.717) is 12.0 Å². The molecule has 1 unspecified atom stereocenters. The van der Waals surface area contributed by atoms with Gasteiger partial charge in [0.15, 0.2) is 0 Å². The Hall–Kier alpha value is -0.220. The van der Waals surface area contributed by atoms with Gasteiger partial charge in [-0.05, 0) is 18.1 Å². The van der Waals surface area contributed by atoms with Crippen LogP contribution in [-0.4, -0.2) is 19.7 Å². The second-order valence-electron chi connectivity index (χ2n) is 3.10. The predicted molar refractivity (Wildman–Crippen MR) is 60.7 cm³/mol. The second-order valence-corrected chi connectivity index (χ2v) is 5.38. The van der Waals surface area contributed by atoms with E-state index in [-0.39, 0.29) is 5.69 Å². The lowest BCUT2D eigenvalue weighted by molar-refractivity contribution is 0.0992. The van der Waals surface area contributed by atoms with Crippen LogP contribution in [0.2, 0.25) is 0 Å². The third kappa shape index (κ3) is 3.11. The largest absolute Gasteiger partial charge is 0.388 e. The number of carbonyl (C=O) groups is 1. The standard InChI is InChI=1S/C9H10Cl3NO2/c1-2-7(14)5-3-6(13-4-5)8(15)9(10,11)12/h3-4,7,13-14H,2H2,1H3. The molecule has 1 aromatic rings. The van der Waals surface area contributed by atoms with Gasteiger partial charge in [0, 0.05) is 6.20 Å². The quantitative estimate of drug-likeness (QED) is 0.655. The number of H-pyrrole nitrogens is 1. The van der Waals surface area contributed by atoms with Crippen LogP contribution in [0.5, 0.6) is 0 Å². The molecule has 0 aliphatic heterocycles. The molecule has 3 nitrogen and oxygen atoms in total. The molecule has 84 valence electrons. The fraction of sp³-hybridized carbons (Fsp3) is 0.444. The number of aliphatic hydroxyl groups is 1. The SMILES string of the molecule is CCC(O)c1c[nH]c(C(=O)C(Cl)(Cl)Cl)c1. The Labute approximate surface area is 102 Å². The zero-order chi connectivity index (χ0) is 11.6. The van der Waals surface area contributed by atoms with Crippen LogP contribution in [0.15, 0.2) is 12.3 Å². The zero-order valence-corrected chi connectivity index (χ0v) is 10.2. The average molecular weight is 271 g/mol. The van der Waals surface area contributed by atoms with Crippen molar-refractivity contribution in [3.63, 3.8) is 0 Å². The summed E-state index contributed by atoms with van der Waals surface area (Å²) < 4.78 is -1.97. The molecular formula is C9H10Cl3NO2. The third-order valence-electron chi connectivity index (χ3n) is 1.98. The van der Waals surface area contributed by atoms with Gasteiger partial charge in [0.25, 0.3) is 3.79 Å². The summed E-state index contributed by atoms with van der Waals surface area (Å²) in [6.07, 6.45) is 1.47. The van der Waals surface area contributed by atoms with E-state index in [9.17, 15) is 9.90 Å². The Morgan fingerprint density at radius 3 is 2.67 bits per heavy atom. The minimum absolute atomic E-state index is 0.178. The van der Waals surface area contributed by atoms with Gasteiger partial charge in [0.2, 0.25) is 5.78 Å². The number of carbonyl (C=O) groups excluding carboxylic acids is 1. The van der Waals surface area contributed by atoms with E-state index < -0.39 is 15.7 Å². The summed E-state index contributed by atoms with van der Waals surface area (Å²) in [5, 5.41) is 9.50. The first kappa shape index (κ1) is 12.8. The number of aromatic amines is 1. The highest BCUT2D eigenvalue weighted by Crippen LogP contribution is 2.30. The molecule has 15 heavy (non-hydrogen) atoms. The van der Waals surface area contributed by atoms with Crippen molar-refractivity contribution < 1.29 is 9.90 Å². The summed E-state index contributed by atoms with van der Waals surface area (Å²) in [6, 6.07) is 1.48. The average Bonchev–Trinajstić information content (AvgIpc) is 2.62. The molecule has 0 aromatic carbocycles. The molecule has 0 aliphatic rings. The monoisotopic (exact) mass is 269 g/mol. The van der Waals surface area contributed by atoms with Gasteiger partial charge in [-0.3, -0.25) is 4.79 Å². The number of alkyl halides is 3. The maximum absolute atomic E-state index is 11.5. The van der Waals surface area contributed by atoms with E-state index >= 15 is 0 Å². The van der Waals surface area contributed by atoms with E-state index in [2.05, 4.69) is 4.98 Å². The third-order valence-corrected chi connectivity index (χ3v) is 2.49. The second kappa shape index (κ2) is 4.74. The number of hydrogen-bond donors (Lipinski definition) is 2. The van der Waals surface area contributed by atoms with E-state index in [0.717, 1.165) is 0 Å². The maximum Gasteiger partial charge on any atom is 0.254 e. The van der Waals surface area contributed by atoms with Gasteiger partial charge >= 0.3 is 0 Å². The van der Waals surface area contributed by atoms with E-state index in [1.807, 2.05) is 6.92 Å². The summed E-state index contributed by atoms with van der Waals surface area (Å²) in [5.41, 5.74) is 0.785. The van der Waals surface area contributed by atoms with Gasteiger partial charge in [-0.15, -0.1) is 0 Å². The molecule has 2 N–H and O–H groups in total. The van der Waals surface area contributed by atoms with Crippen molar-refractivity contribution in [3.8, 4) is 0 Å². The van der Waals surface area contributed by atoms with Crippen molar-refractivity contribution >= 4 is 40.6 Å². The smallest absolute Gasteiger partial charge is 0.254 e. The molecule has 0 bridgehead atoms. The fourth-order valence-corrected chi connectivity index (χ4v) is 1.43. The molecule has 0 spiro atoms. The number of aliphatic hydroxyl groups excluding tert-OH is 1. The van der Waals surface area contributed by atoms with Crippen molar-refractivity contribution in [1.29, 1.82) is 0 Å².